The molecule has 0 saturated heterocycles. The zero-order valence-corrected chi connectivity index (χ0v) is 60.9. The summed E-state index contributed by atoms with van der Waals surface area (Å²) in [6, 6.07) is 13.9. The van der Waals surface area contributed by atoms with E-state index < -0.39 is 132 Å². The highest BCUT2D eigenvalue weighted by Crippen LogP contribution is 2.27. The fourth-order valence-electron chi connectivity index (χ4n) is 10.8. The van der Waals surface area contributed by atoms with Crippen LogP contribution in [-0.2, 0) is 68.8 Å². The number of nitrogens with one attached hydrogen (secondary N) is 7. The second kappa shape index (κ2) is 44.0. The quantitative estimate of drug-likeness (QED) is 0.0148. The van der Waals surface area contributed by atoms with E-state index in [2.05, 4.69) is 44.1 Å². The van der Waals surface area contributed by atoms with Crippen LogP contribution in [-0.4, -0.2) is 127 Å². The van der Waals surface area contributed by atoms with E-state index in [0.29, 0.717) is 30.8 Å². The molecule has 546 valence electrons. The van der Waals surface area contributed by atoms with Crippen molar-refractivity contribution >= 4 is 59.3 Å². The number of benzene rings is 3. The Bertz CT molecular complexity index is 2910. The van der Waals surface area contributed by atoms with Crippen molar-refractivity contribution in [1.29, 1.82) is 0 Å². The molecule has 3 rings (SSSR count). The average Bonchev–Trinajstić information content (AvgIpc) is 0.853. The molecule has 23 nitrogen and oxygen atoms in total. The number of carbonyl (C=O) groups excluding carboxylic acids is 10. The van der Waals surface area contributed by atoms with Crippen LogP contribution < -0.4 is 52.4 Å². The van der Waals surface area contributed by atoms with E-state index in [0.717, 1.165) is 42.4 Å². The first-order valence-electron chi connectivity index (χ1n) is 35.2. The van der Waals surface area contributed by atoms with Crippen molar-refractivity contribution in [3.8, 4) is 11.5 Å². The van der Waals surface area contributed by atoms with Gasteiger partial charge in [-0.3, -0.25) is 43.2 Å². The number of nitrogens with two attached hydrogens (primary N) is 1. The summed E-state index contributed by atoms with van der Waals surface area (Å²) in [4.78, 5) is 140. The summed E-state index contributed by atoms with van der Waals surface area (Å²) in [6.45, 7) is 22.7. The van der Waals surface area contributed by atoms with Crippen molar-refractivity contribution in [3.05, 3.63) is 95.6 Å². The topological polar surface area (TPSA) is 327 Å². The third-order valence-electron chi connectivity index (χ3n) is 16.6. The third kappa shape index (κ3) is 32.1. The Morgan fingerprint density at radius 3 is 1.49 bits per heavy atom. The number of methoxy groups -OCH3 is 2. The molecule has 98 heavy (non-hydrogen) atoms. The Morgan fingerprint density at radius 1 is 0.500 bits per heavy atom. The summed E-state index contributed by atoms with van der Waals surface area (Å²) in [6.07, 6.45) is 8.67. The molecule has 0 heterocycles. The highest BCUT2D eigenvalue weighted by molar-refractivity contribution is 5.98. The number of unbranched alkanes of at least 4 members (excludes halogenated alkanes) is 8. The fraction of sp³-hybridized carbons (Fsp3) is 0.627. The molecule has 3 aromatic carbocycles. The lowest BCUT2D eigenvalue weighted by atomic mass is 9.97. The Hall–Kier alpha value is -8.08. The van der Waals surface area contributed by atoms with Crippen LogP contribution in [0.3, 0.4) is 0 Å². The minimum absolute atomic E-state index is 0.0444. The van der Waals surface area contributed by atoms with Gasteiger partial charge in [-0.1, -0.05) is 175 Å². The molecule has 0 spiro atoms. The van der Waals surface area contributed by atoms with Gasteiger partial charge in [0, 0.05) is 6.42 Å². The molecule has 0 aliphatic carbocycles. The van der Waals surface area contributed by atoms with Gasteiger partial charge < -0.3 is 66.6 Å². The molecule has 0 radical (unpaired) electrons. The average molecular weight is 1370 g/mol. The summed E-state index contributed by atoms with van der Waals surface area (Å²) >= 11 is 0. The number of rotatable bonds is 45. The van der Waals surface area contributed by atoms with Crippen LogP contribution in [0.4, 0.5) is 0 Å². The molecule has 0 aromatic heterocycles. The lowest BCUT2D eigenvalue weighted by molar-refractivity contribution is -0.160. The van der Waals surface area contributed by atoms with E-state index in [1.165, 1.54) is 32.6 Å². The van der Waals surface area contributed by atoms with Gasteiger partial charge >= 0.3 is 17.9 Å². The minimum atomic E-state index is -1.66. The van der Waals surface area contributed by atoms with Crippen molar-refractivity contribution in [1.82, 2.24) is 37.2 Å². The van der Waals surface area contributed by atoms with E-state index in [4.69, 9.17) is 29.4 Å². The van der Waals surface area contributed by atoms with Crippen molar-refractivity contribution in [3.63, 3.8) is 0 Å². The van der Waals surface area contributed by atoms with Crippen LogP contribution in [0, 0.1) is 23.7 Å². The predicted octanol–water partition coefficient (Wildman–Crippen LogP) is 9.44. The second-order valence-corrected chi connectivity index (χ2v) is 27.8. The summed E-state index contributed by atoms with van der Waals surface area (Å²) in [5, 5.41) is 19.2. The van der Waals surface area contributed by atoms with E-state index in [9.17, 15) is 47.9 Å². The third-order valence-corrected chi connectivity index (χ3v) is 16.6. The molecule has 9 atom stereocenters. The molecule has 0 bridgehead atoms. The summed E-state index contributed by atoms with van der Waals surface area (Å²) < 4.78 is 27.8. The predicted molar refractivity (Wildman–Crippen MR) is 377 cm³/mol. The smallest absolute Gasteiger partial charge is 0.329 e. The highest BCUT2D eigenvalue weighted by atomic mass is 16.6. The molecule has 0 aliphatic rings. The number of esters is 3. The second-order valence-electron chi connectivity index (χ2n) is 27.8. The van der Waals surface area contributed by atoms with Crippen molar-refractivity contribution < 1.29 is 71.6 Å². The van der Waals surface area contributed by atoms with Crippen LogP contribution in [0.15, 0.2) is 78.9 Å². The van der Waals surface area contributed by atoms with E-state index in [1.54, 1.807) is 80.0 Å². The van der Waals surface area contributed by atoms with Gasteiger partial charge in [0.15, 0.2) is 0 Å². The Balaban J connectivity index is 1.78. The molecule has 7 amide bonds. The molecule has 0 saturated carbocycles. The van der Waals surface area contributed by atoms with Gasteiger partial charge in [0.1, 0.15) is 66.1 Å². The summed E-state index contributed by atoms with van der Waals surface area (Å²) in [5.74, 6) is -7.49. The van der Waals surface area contributed by atoms with Gasteiger partial charge in [-0.15, -0.1) is 0 Å². The molecular formula is C75H116N8O15. The Kier molecular flexibility index (Phi) is 37.8. The van der Waals surface area contributed by atoms with Crippen LogP contribution in [0.1, 0.15) is 222 Å². The Morgan fingerprint density at radius 2 is 0.990 bits per heavy atom. The number of carbonyl (C=O) groups is 10. The fourth-order valence-corrected chi connectivity index (χ4v) is 10.8. The van der Waals surface area contributed by atoms with Gasteiger partial charge in [0.2, 0.25) is 41.4 Å². The van der Waals surface area contributed by atoms with Crippen molar-refractivity contribution in [2.45, 2.75) is 266 Å². The molecule has 0 aliphatic heterocycles. The number of hydrogen-bond donors (Lipinski definition) is 8. The monoisotopic (exact) mass is 1370 g/mol. The van der Waals surface area contributed by atoms with Crippen LogP contribution in [0.25, 0.3) is 0 Å². The number of hydrogen-bond acceptors (Lipinski definition) is 16. The first-order chi connectivity index (χ1) is 46.4. The van der Waals surface area contributed by atoms with E-state index >= 15 is 0 Å². The molecule has 23 heteroatoms. The first-order valence-corrected chi connectivity index (χ1v) is 35.2. The maximum absolute atomic E-state index is 14.5. The van der Waals surface area contributed by atoms with E-state index in [-0.39, 0.29) is 56.5 Å². The Labute approximate surface area is 582 Å². The lowest BCUT2D eigenvalue weighted by Gasteiger charge is -2.30. The van der Waals surface area contributed by atoms with Crippen LogP contribution in [0.5, 0.6) is 11.5 Å². The molecule has 1 unspecified atom stereocenters. The van der Waals surface area contributed by atoms with Crippen LogP contribution in [0.2, 0.25) is 0 Å². The van der Waals surface area contributed by atoms with Crippen molar-refractivity contribution in [2.24, 2.45) is 29.4 Å². The normalized spacial score (nSPS) is 14.2. The van der Waals surface area contributed by atoms with Gasteiger partial charge in [0.25, 0.3) is 0 Å². The molecule has 0 fully saturated rings. The van der Waals surface area contributed by atoms with Gasteiger partial charge in [-0.2, -0.15) is 0 Å². The highest BCUT2D eigenvalue weighted by Gasteiger charge is 2.37. The summed E-state index contributed by atoms with van der Waals surface area (Å²) in [5.41, 5.74) is 7.75. The zero-order chi connectivity index (χ0) is 73.1. The van der Waals surface area contributed by atoms with Gasteiger partial charge in [0.05, 0.1) is 39.1 Å². The molecule has 3 aromatic rings. The SMILES string of the molecule is CCCCCCCCCCCC(CC(=O)OCc1ccccc1)OC(=O)[C@@H](NC(=O)[C@@H](C)NC(=O)[C@H](CC(=O)OC(C)(C)C)NC(=O)[C@@H](NC(=O)[C@@H](CC(C)C)NC(=O)[C@H](CC(C)C)NC(=O)[C@@H](N)CCC(=O)NC(c1ccc(OC)cc1)c1ccc(OC)cc1)C(C)C)[C@@H](C)CC. The minimum Gasteiger partial charge on any atom is -0.497 e. The molecule has 9 N–H and O–H groups in total. The first kappa shape index (κ1) is 84.1. The van der Waals surface area contributed by atoms with Gasteiger partial charge in [-0.05, 0) is 124 Å². The van der Waals surface area contributed by atoms with Gasteiger partial charge in [-0.25, -0.2) is 4.79 Å². The van der Waals surface area contributed by atoms with Crippen LogP contribution >= 0.6 is 0 Å². The number of ether oxygens (including phenoxy) is 5. The largest absolute Gasteiger partial charge is 0.497 e. The van der Waals surface area contributed by atoms with E-state index in [1.807, 2.05) is 89.2 Å². The lowest BCUT2D eigenvalue weighted by Crippen LogP contribution is -2.61. The number of amides is 7. The zero-order valence-electron chi connectivity index (χ0n) is 60.9. The van der Waals surface area contributed by atoms with Crippen molar-refractivity contribution in [2.75, 3.05) is 14.2 Å². The summed E-state index contributed by atoms with van der Waals surface area (Å²) in [7, 11) is 3.11. The molecular weight excluding hydrogens is 1250 g/mol. The maximum atomic E-state index is 14.5. The maximum Gasteiger partial charge on any atom is 0.329 e. The standard InChI is InChI=1S/C75H116N8O15/c1-16-18-19-20-21-22-23-24-28-31-57(44-63(85)96-46-52-29-26-25-27-30-52)97-74(93)66(50(9)17-2)83-68(87)51(10)77-70(89)61(45-64(86)98-75(11,12)13)80-73(92)65(49(7)8)82-72(91)60(43-48(5)6)79-71(90)59(42-47(3)4)78-69(88)58(76)40-41-62(84)81-67(53-32-36-55(94-14)37-33-53)54-34-38-56(95-15)39-35-54/h25-27,29-30,32-39,47-51,57-61,65-67H,16-24,28,31,40-46,76H2,1-15H3,(H,77,89)(H,78,88)(H,79,90)(H,80,92)(H,81,84)(H,82,91)(H,83,87)/t50-,51+,57?,58-,59-,60+,61-,65-,66-/m0/s1.